The predicted octanol–water partition coefficient (Wildman–Crippen LogP) is 5.64. The third-order valence-electron chi connectivity index (χ3n) is 3.08. The topological polar surface area (TPSA) is 0 Å². The first-order chi connectivity index (χ1) is 8.56. The number of aryl methyl sites for hydroxylation is 2. The van der Waals surface area contributed by atoms with E-state index in [1.807, 2.05) is 18.2 Å². The van der Waals surface area contributed by atoms with Crippen LogP contribution in [0, 0.1) is 13.8 Å². The zero-order valence-electron chi connectivity index (χ0n) is 10.6. The standard InChI is InChI=1S/C16H16BrCl/c1-11-6-7-12(2)15(8-11)16(17)10-13-4-3-5-14(18)9-13/h3-9,16H,10H2,1-2H3. The van der Waals surface area contributed by atoms with Crippen LogP contribution in [-0.4, -0.2) is 0 Å². The van der Waals surface area contributed by atoms with Crippen LogP contribution in [0.5, 0.6) is 0 Å². The summed E-state index contributed by atoms with van der Waals surface area (Å²) in [4.78, 5) is 0.330. The third kappa shape index (κ3) is 3.37. The number of halogens is 2. The van der Waals surface area contributed by atoms with E-state index in [9.17, 15) is 0 Å². The average molecular weight is 324 g/mol. The summed E-state index contributed by atoms with van der Waals surface area (Å²) in [6.45, 7) is 4.28. The molecule has 2 heteroatoms. The highest BCUT2D eigenvalue weighted by Crippen LogP contribution is 2.30. The van der Waals surface area contributed by atoms with Crippen molar-refractivity contribution in [2.24, 2.45) is 0 Å². The number of benzene rings is 2. The lowest BCUT2D eigenvalue weighted by atomic mass is 9.99. The van der Waals surface area contributed by atoms with Gasteiger partial charge < -0.3 is 0 Å². The molecule has 0 saturated carbocycles. The molecule has 0 spiro atoms. The highest BCUT2D eigenvalue weighted by atomic mass is 79.9. The maximum Gasteiger partial charge on any atom is 0.0438 e. The Morgan fingerprint density at radius 1 is 1.11 bits per heavy atom. The summed E-state index contributed by atoms with van der Waals surface area (Å²) in [5.74, 6) is 0. The van der Waals surface area contributed by atoms with Gasteiger partial charge in [0.2, 0.25) is 0 Å². The molecule has 0 aliphatic carbocycles. The van der Waals surface area contributed by atoms with Crippen LogP contribution in [0.1, 0.15) is 27.1 Å². The van der Waals surface area contributed by atoms with E-state index < -0.39 is 0 Å². The smallest absolute Gasteiger partial charge is 0.0438 e. The van der Waals surface area contributed by atoms with Gasteiger partial charge in [0.05, 0.1) is 0 Å². The van der Waals surface area contributed by atoms with Crippen molar-refractivity contribution in [3.8, 4) is 0 Å². The molecule has 0 nitrogen and oxygen atoms in total. The van der Waals surface area contributed by atoms with Crippen LogP contribution in [0.4, 0.5) is 0 Å². The molecule has 0 bridgehead atoms. The van der Waals surface area contributed by atoms with Crippen LogP contribution in [-0.2, 0) is 6.42 Å². The average Bonchev–Trinajstić information content (AvgIpc) is 2.32. The maximum atomic E-state index is 6.02. The minimum Gasteiger partial charge on any atom is -0.0843 e. The quantitative estimate of drug-likeness (QED) is 0.642. The highest BCUT2D eigenvalue weighted by molar-refractivity contribution is 9.09. The van der Waals surface area contributed by atoms with E-state index in [1.54, 1.807) is 0 Å². The number of hydrogen-bond acceptors (Lipinski definition) is 0. The van der Waals surface area contributed by atoms with Crippen molar-refractivity contribution in [3.05, 3.63) is 69.7 Å². The Kier molecular flexibility index (Phi) is 4.47. The van der Waals surface area contributed by atoms with Crippen molar-refractivity contribution >= 4 is 27.5 Å². The molecule has 2 aromatic rings. The lowest BCUT2D eigenvalue weighted by molar-refractivity contribution is 0.936. The van der Waals surface area contributed by atoms with Gasteiger partial charge in [0.25, 0.3) is 0 Å². The molecule has 1 unspecified atom stereocenters. The minimum atomic E-state index is 0.330. The van der Waals surface area contributed by atoms with Gasteiger partial charge in [-0.1, -0.05) is 63.4 Å². The first-order valence-electron chi connectivity index (χ1n) is 6.02. The summed E-state index contributed by atoms with van der Waals surface area (Å²) >= 11 is 9.80. The second-order valence-electron chi connectivity index (χ2n) is 4.66. The molecule has 0 aromatic heterocycles. The molecule has 1 atom stereocenters. The molecule has 0 saturated heterocycles. The van der Waals surface area contributed by atoms with Crippen LogP contribution >= 0.6 is 27.5 Å². The SMILES string of the molecule is Cc1ccc(C)c(C(Br)Cc2cccc(Cl)c2)c1. The van der Waals surface area contributed by atoms with Gasteiger partial charge in [-0.15, -0.1) is 0 Å². The van der Waals surface area contributed by atoms with Gasteiger partial charge in [-0.3, -0.25) is 0 Å². The van der Waals surface area contributed by atoms with Crippen molar-refractivity contribution in [2.45, 2.75) is 25.1 Å². The predicted molar refractivity (Wildman–Crippen MR) is 82.7 cm³/mol. The van der Waals surface area contributed by atoms with Crippen molar-refractivity contribution in [3.63, 3.8) is 0 Å². The number of rotatable bonds is 3. The molecule has 2 aromatic carbocycles. The monoisotopic (exact) mass is 322 g/mol. The van der Waals surface area contributed by atoms with E-state index >= 15 is 0 Å². The first-order valence-corrected chi connectivity index (χ1v) is 7.31. The van der Waals surface area contributed by atoms with Gasteiger partial charge in [-0.25, -0.2) is 0 Å². The summed E-state index contributed by atoms with van der Waals surface area (Å²) in [6.07, 6.45) is 0.949. The highest BCUT2D eigenvalue weighted by Gasteiger charge is 2.11. The van der Waals surface area contributed by atoms with Crippen LogP contribution in [0.2, 0.25) is 5.02 Å². The van der Waals surface area contributed by atoms with Gasteiger partial charge in [0, 0.05) is 9.85 Å². The molecule has 0 heterocycles. The zero-order valence-corrected chi connectivity index (χ0v) is 12.9. The van der Waals surface area contributed by atoms with Crippen LogP contribution < -0.4 is 0 Å². The molecule has 0 fully saturated rings. The van der Waals surface area contributed by atoms with Gasteiger partial charge in [0.15, 0.2) is 0 Å². The first kappa shape index (κ1) is 13.6. The summed E-state index contributed by atoms with van der Waals surface area (Å²) in [5.41, 5.74) is 5.23. The van der Waals surface area contributed by atoms with E-state index in [2.05, 4.69) is 54.0 Å². The Hall–Kier alpha value is -0.790. The van der Waals surface area contributed by atoms with Crippen LogP contribution in [0.25, 0.3) is 0 Å². The fourth-order valence-electron chi connectivity index (χ4n) is 2.08. The molecule has 94 valence electrons. The van der Waals surface area contributed by atoms with Crippen molar-refractivity contribution < 1.29 is 0 Å². The van der Waals surface area contributed by atoms with E-state index in [0.29, 0.717) is 4.83 Å². The zero-order chi connectivity index (χ0) is 13.1. The molecular weight excluding hydrogens is 308 g/mol. The molecule has 2 rings (SSSR count). The van der Waals surface area contributed by atoms with Crippen LogP contribution in [0.15, 0.2) is 42.5 Å². The Bertz CT molecular complexity index is 549. The molecule has 0 amide bonds. The lowest BCUT2D eigenvalue weighted by Crippen LogP contribution is -1.98. The molecule has 0 N–H and O–H groups in total. The van der Waals surface area contributed by atoms with Crippen molar-refractivity contribution in [1.82, 2.24) is 0 Å². The minimum absolute atomic E-state index is 0.330. The van der Waals surface area contributed by atoms with Crippen molar-refractivity contribution in [1.29, 1.82) is 0 Å². The molecular formula is C16H16BrCl. The van der Waals surface area contributed by atoms with Gasteiger partial charge in [0.1, 0.15) is 0 Å². The number of hydrogen-bond donors (Lipinski definition) is 0. The molecule has 0 aliphatic heterocycles. The third-order valence-corrected chi connectivity index (χ3v) is 4.13. The molecule has 18 heavy (non-hydrogen) atoms. The maximum absolute atomic E-state index is 6.02. The molecule has 0 aliphatic rings. The van der Waals surface area contributed by atoms with E-state index in [-0.39, 0.29) is 0 Å². The van der Waals surface area contributed by atoms with Gasteiger partial charge in [-0.05, 0) is 49.1 Å². The Morgan fingerprint density at radius 3 is 2.61 bits per heavy atom. The summed E-state index contributed by atoms with van der Waals surface area (Å²) in [7, 11) is 0. The van der Waals surface area contributed by atoms with Crippen molar-refractivity contribution in [2.75, 3.05) is 0 Å². The largest absolute Gasteiger partial charge is 0.0843 e. The van der Waals surface area contributed by atoms with Crippen LogP contribution in [0.3, 0.4) is 0 Å². The second kappa shape index (κ2) is 5.90. The lowest BCUT2D eigenvalue weighted by Gasteiger charge is -2.14. The number of alkyl halides is 1. The Morgan fingerprint density at radius 2 is 1.89 bits per heavy atom. The fourth-order valence-corrected chi connectivity index (χ4v) is 3.16. The van der Waals surface area contributed by atoms with E-state index in [0.717, 1.165) is 11.4 Å². The van der Waals surface area contributed by atoms with Gasteiger partial charge >= 0.3 is 0 Å². The Balaban J connectivity index is 2.21. The van der Waals surface area contributed by atoms with Gasteiger partial charge in [-0.2, -0.15) is 0 Å². The molecule has 0 radical (unpaired) electrons. The summed E-state index contributed by atoms with van der Waals surface area (Å²) in [5, 5.41) is 0.799. The van der Waals surface area contributed by atoms with E-state index in [1.165, 1.54) is 22.3 Å². The van der Waals surface area contributed by atoms with E-state index in [4.69, 9.17) is 11.6 Å². The fraction of sp³-hybridized carbons (Fsp3) is 0.250. The Labute approximate surface area is 122 Å². The summed E-state index contributed by atoms with van der Waals surface area (Å²) in [6, 6.07) is 14.6. The summed E-state index contributed by atoms with van der Waals surface area (Å²) < 4.78 is 0. The second-order valence-corrected chi connectivity index (χ2v) is 6.20. The normalized spacial score (nSPS) is 12.4.